The summed E-state index contributed by atoms with van der Waals surface area (Å²) < 4.78 is 0. The molecule has 2 aromatic carbocycles. The van der Waals surface area contributed by atoms with E-state index < -0.39 is 22.9 Å². The van der Waals surface area contributed by atoms with Crippen molar-refractivity contribution in [3.8, 4) is 17.6 Å². The summed E-state index contributed by atoms with van der Waals surface area (Å²) in [6.07, 6.45) is 1.42. The lowest BCUT2D eigenvalue weighted by Crippen LogP contribution is -2.39. The number of rotatable bonds is 1. The third kappa shape index (κ3) is 2.09. The van der Waals surface area contributed by atoms with Gasteiger partial charge < -0.3 is 15.3 Å². The summed E-state index contributed by atoms with van der Waals surface area (Å²) in [6.45, 7) is 1.87. The Morgan fingerprint density at radius 2 is 1.93 bits per heavy atom. The SMILES string of the molecule is CCC1CCc2c(cc3c(c2O)C(=O)c2c(O)cccc2C3=O)C1(O)C#N. The molecule has 0 saturated carbocycles. The second kappa shape index (κ2) is 5.66. The molecule has 0 radical (unpaired) electrons. The van der Waals surface area contributed by atoms with Crippen LogP contribution in [0.4, 0.5) is 0 Å². The van der Waals surface area contributed by atoms with Crippen LogP contribution in [0.3, 0.4) is 0 Å². The highest BCUT2D eigenvalue weighted by molar-refractivity contribution is 6.30. The number of phenols is 2. The van der Waals surface area contributed by atoms with Gasteiger partial charge in [0, 0.05) is 28.2 Å². The Morgan fingerprint density at radius 1 is 1.19 bits per heavy atom. The van der Waals surface area contributed by atoms with Crippen molar-refractivity contribution >= 4 is 11.6 Å². The molecule has 0 heterocycles. The fourth-order valence-corrected chi connectivity index (χ4v) is 4.35. The molecule has 2 aliphatic rings. The normalized spacial score (nSPS) is 23.2. The van der Waals surface area contributed by atoms with Crippen LogP contribution in [0.25, 0.3) is 0 Å². The molecule has 6 heteroatoms. The maximum absolute atomic E-state index is 13.0. The molecule has 0 amide bonds. The zero-order chi connectivity index (χ0) is 19.5. The zero-order valence-electron chi connectivity index (χ0n) is 14.6. The van der Waals surface area contributed by atoms with Crippen molar-refractivity contribution < 1.29 is 24.9 Å². The molecule has 0 spiro atoms. The highest BCUT2D eigenvalue weighted by Gasteiger charge is 2.46. The molecule has 0 aliphatic heterocycles. The summed E-state index contributed by atoms with van der Waals surface area (Å²) in [5, 5.41) is 41.5. The van der Waals surface area contributed by atoms with Gasteiger partial charge in [-0.15, -0.1) is 0 Å². The Kier molecular flexibility index (Phi) is 3.62. The lowest BCUT2D eigenvalue weighted by Gasteiger charge is -2.37. The number of nitrogens with zero attached hydrogens (tertiary/aromatic N) is 1. The van der Waals surface area contributed by atoms with E-state index in [2.05, 4.69) is 0 Å². The molecule has 4 rings (SSSR count). The van der Waals surface area contributed by atoms with Crippen LogP contribution in [-0.2, 0) is 12.0 Å². The van der Waals surface area contributed by atoms with Gasteiger partial charge in [-0.1, -0.05) is 19.1 Å². The summed E-state index contributed by atoms with van der Waals surface area (Å²) in [4.78, 5) is 25.9. The van der Waals surface area contributed by atoms with Crippen molar-refractivity contribution in [2.75, 3.05) is 0 Å². The first kappa shape index (κ1) is 17.3. The van der Waals surface area contributed by atoms with Crippen molar-refractivity contribution in [1.29, 1.82) is 5.26 Å². The van der Waals surface area contributed by atoms with E-state index in [0.29, 0.717) is 24.8 Å². The minimum Gasteiger partial charge on any atom is -0.507 e. The topological polar surface area (TPSA) is 119 Å². The molecule has 6 nitrogen and oxygen atoms in total. The monoisotopic (exact) mass is 363 g/mol. The third-order valence-electron chi connectivity index (χ3n) is 5.80. The fourth-order valence-electron chi connectivity index (χ4n) is 4.35. The van der Waals surface area contributed by atoms with Gasteiger partial charge in [0.05, 0.1) is 11.1 Å². The van der Waals surface area contributed by atoms with Crippen LogP contribution in [0.2, 0.25) is 0 Å². The van der Waals surface area contributed by atoms with E-state index in [-0.39, 0.29) is 39.5 Å². The van der Waals surface area contributed by atoms with Gasteiger partial charge in [-0.05, 0) is 31.4 Å². The number of fused-ring (bicyclic) bond motifs is 3. The number of benzene rings is 2. The molecule has 0 fully saturated rings. The van der Waals surface area contributed by atoms with Gasteiger partial charge in [0.2, 0.25) is 5.78 Å². The Bertz CT molecular complexity index is 1070. The van der Waals surface area contributed by atoms with Gasteiger partial charge in [-0.2, -0.15) is 5.26 Å². The van der Waals surface area contributed by atoms with E-state index in [4.69, 9.17) is 0 Å². The number of hydrogen-bond donors (Lipinski definition) is 3. The van der Waals surface area contributed by atoms with Gasteiger partial charge >= 0.3 is 0 Å². The van der Waals surface area contributed by atoms with Crippen LogP contribution in [-0.4, -0.2) is 26.9 Å². The number of phenolic OH excluding ortho intramolecular Hbond substituents is 2. The fraction of sp³-hybridized carbons (Fsp3) is 0.286. The minimum atomic E-state index is -1.84. The first-order chi connectivity index (χ1) is 12.8. The molecule has 0 bridgehead atoms. The van der Waals surface area contributed by atoms with Gasteiger partial charge in [0.25, 0.3) is 0 Å². The molecule has 2 aromatic rings. The molecule has 0 aromatic heterocycles. The Morgan fingerprint density at radius 3 is 2.59 bits per heavy atom. The quantitative estimate of drug-likeness (QED) is 0.572. The summed E-state index contributed by atoms with van der Waals surface area (Å²) in [5.41, 5.74) is -1.68. The molecular formula is C21H17NO5. The number of carbonyl (C=O) groups is 2. The molecule has 3 N–H and O–H groups in total. The van der Waals surface area contributed by atoms with Crippen molar-refractivity contribution in [3.05, 3.63) is 57.6 Å². The van der Waals surface area contributed by atoms with E-state index >= 15 is 0 Å². The second-order valence-corrected chi connectivity index (χ2v) is 7.05. The van der Waals surface area contributed by atoms with Crippen LogP contribution in [0.15, 0.2) is 24.3 Å². The largest absolute Gasteiger partial charge is 0.507 e. The Labute approximate surface area is 155 Å². The first-order valence-corrected chi connectivity index (χ1v) is 8.79. The average molecular weight is 363 g/mol. The predicted octanol–water partition coefficient (Wildman–Crippen LogP) is 2.56. The Hall–Kier alpha value is -3.17. The minimum absolute atomic E-state index is 0.0372. The summed E-state index contributed by atoms with van der Waals surface area (Å²) in [6, 6.07) is 7.50. The summed E-state index contributed by atoms with van der Waals surface area (Å²) >= 11 is 0. The number of ketones is 2. The summed E-state index contributed by atoms with van der Waals surface area (Å²) in [7, 11) is 0. The van der Waals surface area contributed by atoms with E-state index in [1.807, 2.05) is 13.0 Å². The van der Waals surface area contributed by atoms with Crippen LogP contribution >= 0.6 is 0 Å². The zero-order valence-corrected chi connectivity index (χ0v) is 14.6. The average Bonchev–Trinajstić information content (AvgIpc) is 2.66. The van der Waals surface area contributed by atoms with Gasteiger partial charge in [-0.25, -0.2) is 0 Å². The van der Waals surface area contributed by atoms with Gasteiger partial charge in [-0.3, -0.25) is 9.59 Å². The van der Waals surface area contributed by atoms with E-state index in [9.17, 15) is 30.2 Å². The van der Waals surface area contributed by atoms with Crippen molar-refractivity contribution in [2.24, 2.45) is 5.92 Å². The van der Waals surface area contributed by atoms with Crippen LogP contribution in [0, 0.1) is 17.2 Å². The van der Waals surface area contributed by atoms with Crippen LogP contribution in [0.1, 0.15) is 62.7 Å². The van der Waals surface area contributed by atoms with E-state index in [1.54, 1.807) is 0 Å². The number of aliphatic hydroxyl groups is 1. The molecule has 2 aliphatic carbocycles. The maximum Gasteiger partial charge on any atom is 0.201 e. The van der Waals surface area contributed by atoms with E-state index in [1.165, 1.54) is 24.3 Å². The van der Waals surface area contributed by atoms with Gasteiger partial charge in [0.1, 0.15) is 17.6 Å². The summed E-state index contributed by atoms with van der Waals surface area (Å²) in [5.74, 6) is -2.23. The molecular weight excluding hydrogens is 346 g/mol. The van der Waals surface area contributed by atoms with Crippen LogP contribution < -0.4 is 0 Å². The molecule has 136 valence electrons. The molecule has 2 unspecified atom stereocenters. The number of carbonyl (C=O) groups excluding carboxylic acids is 2. The Balaban J connectivity index is 2.04. The van der Waals surface area contributed by atoms with Crippen molar-refractivity contribution in [1.82, 2.24) is 0 Å². The maximum atomic E-state index is 13.0. The van der Waals surface area contributed by atoms with E-state index in [0.717, 1.165) is 0 Å². The lowest BCUT2D eigenvalue weighted by atomic mass is 9.68. The lowest BCUT2D eigenvalue weighted by molar-refractivity contribution is 0.0169. The predicted molar refractivity (Wildman–Crippen MR) is 94.7 cm³/mol. The number of aromatic hydroxyl groups is 2. The van der Waals surface area contributed by atoms with Crippen molar-refractivity contribution in [2.45, 2.75) is 31.8 Å². The molecule has 2 atom stereocenters. The third-order valence-corrected chi connectivity index (χ3v) is 5.80. The highest BCUT2D eigenvalue weighted by Crippen LogP contribution is 2.48. The smallest absolute Gasteiger partial charge is 0.201 e. The standard InChI is InChI=1S/C21H17NO5/c1-2-10-6-7-11-14(21(10,27)9-22)8-13-17(19(11)25)20(26)16-12(18(13)24)4-3-5-15(16)23/h3-5,8,10,23,25,27H,2,6-7H2,1H3. The first-order valence-electron chi connectivity index (χ1n) is 8.79. The number of hydrogen-bond acceptors (Lipinski definition) is 6. The highest BCUT2D eigenvalue weighted by atomic mass is 16.3. The molecule has 27 heavy (non-hydrogen) atoms. The number of nitriles is 1. The van der Waals surface area contributed by atoms with Crippen LogP contribution in [0.5, 0.6) is 11.5 Å². The van der Waals surface area contributed by atoms with Gasteiger partial charge in [0.15, 0.2) is 11.4 Å². The van der Waals surface area contributed by atoms with Crippen molar-refractivity contribution in [3.63, 3.8) is 0 Å². The molecule has 0 saturated heterocycles. The second-order valence-electron chi connectivity index (χ2n) is 7.05.